The molecule has 1 saturated heterocycles. The van der Waals surface area contributed by atoms with E-state index in [1.54, 1.807) is 0 Å². The van der Waals surface area contributed by atoms with E-state index in [1.807, 2.05) is 0 Å². The van der Waals surface area contributed by atoms with Gasteiger partial charge >= 0.3 is 12.3 Å². The quantitative estimate of drug-likeness (QED) is 0.785. The Morgan fingerprint density at radius 3 is 2.56 bits per heavy atom. The van der Waals surface area contributed by atoms with Crippen LogP contribution in [0.4, 0.5) is 13.2 Å². The van der Waals surface area contributed by atoms with Crippen molar-refractivity contribution in [3.8, 4) is 5.75 Å². The zero-order valence-corrected chi connectivity index (χ0v) is 9.07. The maximum atomic E-state index is 12.1. The highest BCUT2D eigenvalue weighted by Gasteiger charge is 2.33. The summed E-state index contributed by atoms with van der Waals surface area (Å²) in [6, 6.07) is 4.99. The summed E-state index contributed by atoms with van der Waals surface area (Å²) in [5.74, 6) is -1.49. The zero-order valence-electron chi connectivity index (χ0n) is 9.07. The van der Waals surface area contributed by atoms with Gasteiger partial charge in [-0.25, -0.2) is 4.79 Å². The molecule has 1 aliphatic heterocycles. The summed E-state index contributed by atoms with van der Waals surface area (Å²) in [5, 5.41) is 0. The molecule has 0 aliphatic carbocycles. The molecule has 0 aromatic heterocycles. The Kier molecular flexibility index (Phi) is 3.42. The summed E-state index contributed by atoms with van der Waals surface area (Å²) in [4.78, 5) is 11.6. The molecule has 98 valence electrons. The van der Waals surface area contributed by atoms with E-state index in [4.69, 9.17) is 9.47 Å². The average Bonchev–Trinajstić information content (AvgIpc) is 2.21. The minimum absolute atomic E-state index is 0.287. The van der Waals surface area contributed by atoms with E-state index in [9.17, 15) is 18.0 Å². The van der Waals surface area contributed by atoms with Gasteiger partial charge in [0.15, 0.2) is 0 Å². The predicted molar refractivity (Wildman–Crippen MR) is 52.9 cm³/mol. The van der Waals surface area contributed by atoms with Crippen LogP contribution in [-0.2, 0) is 9.47 Å². The minimum atomic E-state index is -4.86. The van der Waals surface area contributed by atoms with E-state index in [-0.39, 0.29) is 5.56 Å². The Hall–Kier alpha value is -1.76. The highest BCUT2D eigenvalue weighted by molar-refractivity contribution is 5.92. The minimum Gasteiger partial charge on any atom is -0.432 e. The van der Waals surface area contributed by atoms with Crippen molar-refractivity contribution in [1.82, 2.24) is 0 Å². The first-order chi connectivity index (χ1) is 8.46. The molecule has 0 radical (unpaired) electrons. The molecular weight excluding hydrogens is 253 g/mol. The standard InChI is InChI=1S/C11H9F3O4/c12-11(13,14)18-8-4-2-1-3-7(8)10(15)17-9-5-6-16-9/h1-4,9H,5-6H2. The largest absolute Gasteiger partial charge is 0.573 e. The molecule has 0 amide bonds. The number of hydrogen-bond donors (Lipinski definition) is 0. The number of carbonyl (C=O) groups is 1. The topological polar surface area (TPSA) is 44.8 Å². The van der Waals surface area contributed by atoms with Crippen LogP contribution in [0.25, 0.3) is 0 Å². The van der Waals surface area contributed by atoms with E-state index in [0.717, 1.165) is 6.07 Å². The SMILES string of the molecule is O=C(OC1CCO1)c1ccccc1OC(F)(F)F. The summed E-state index contributed by atoms with van der Waals surface area (Å²) < 4.78 is 49.8. The molecule has 0 saturated carbocycles. The molecule has 0 N–H and O–H groups in total. The van der Waals surface area contributed by atoms with Crippen LogP contribution in [0.2, 0.25) is 0 Å². The number of benzene rings is 1. The van der Waals surface area contributed by atoms with E-state index in [1.165, 1.54) is 18.2 Å². The lowest BCUT2D eigenvalue weighted by atomic mass is 10.2. The van der Waals surface area contributed by atoms with Gasteiger partial charge in [0.2, 0.25) is 6.29 Å². The fourth-order valence-corrected chi connectivity index (χ4v) is 1.34. The van der Waals surface area contributed by atoms with Gasteiger partial charge < -0.3 is 14.2 Å². The Balaban J connectivity index is 2.13. The Morgan fingerprint density at radius 1 is 1.33 bits per heavy atom. The fourth-order valence-electron chi connectivity index (χ4n) is 1.34. The fraction of sp³-hybridized carbons (Fsp3) is 0.364. The van der Waals surface area contributed by atoms with Crippen molar-refractivity contribution in [2.45, 2.75) is 19.1 Å². The Morgan fingerprint density at radius 2 is 2.00 bits per heavy atom. The normalized spacial score (nSPS) is 18.9. The lowest BCUT2D eigenvalue weighted by Gasteiger charge is -2.26. The van der Waals surface area contributed by atoms with E-state index < -0.39 is 24.4 Å². The van der Waals surface area contributed by atoms with Crippen molar-refractivity contribution in [3.63, 3.8) is 0 Å². The molecule has 1 aromatic carbocycles. The number of halogens is 3. The second-order valence-corrected chi connectivity index (χ2v) is 3.54. The molecule has 1 unspecified atom stereocenters. The van der Waals surface area contributed by atoms with Gasteiger partial charge in [-0.2, -0.15) is 0 Å². The number of para-hydroxylation sites is 1. The van der Waals surface area contributed by atoms with Crippen LogP contribution in [0.15, 0.2) is 24.3 Å². The highest BCUT2D eigenvalue weighted by Crippen LogP contribution is 2.27. The molecule has 18 heavy (non-hydrogen) atoms. The summed E-state index contributed by atoms with van der Waals surface area (Å²) in [6.45, 7) is 0.471. The van der Waals surface area contributed by atoms with Gasteiger partial charge in [0.25, 0.3) is 0 Å². The summed E-state index contributed by atoms with van der Waals surface area (Å²) >= 11 is 0. The zero-order chi connectivity index (χ0) is 13.2. The number of ether oxygens (including phenoxy) is 3. The van der Waals surface area contributed by atoms with Crippen LogP contribution in [-0.4, -0.2) is 25.2 Å². The maximum Gasteiger partial charge on any atom is 0.573 e. The molecule has 1 fully saturated rings. The Bertz CT molecular complexity index is 440. The molecule has 4 nitrogen and oxygen atoms in total. The average molecular weight is 262 g/mol. The van der Waals surface area contributed by atoms with Gasteiger partial charge in [0.1, 0.15) is 11.3 Å². The number of carbonyl (C=O) groups excluding carboxylic acids is 1. The summed E-state index contributed by atoms with van der Waals surface area (Å²) in [5.41, 5.74) is -0.287. The molecule has 1 aromatic rings. The van der Waals surface area contributed by atoms with Crippen molar-refractivity contribution in [2.75, 3.05) is 6.61 Å². The van der Waals surface area contributed by atoms with Gasteiger partial charge in [-0.05, 0) is 12.1 Å². The van der Waals surface area contributed by atoms with Crippen molar-refractivity contribution >= 4 is 5.97 Å². The molecule has 1 aliphatic rings. The first kappa shape index (κ1) is 12.7. The van der Waals surface area contributed by atoms with Crippen LogP contribution >= 0.6 is 0 Å². The van der Waals surface area contributed by atoms with E-state index >= 15 is 0 Å². The lowest BCUT2D eigenvalue weighted by Crippen LogP contribution is -2.32. The first-order valence-corrected chi connectivity index (χ1v) is 5.13. The third kappa shape index (κ3) is 3.13. The predicted octanol–water partition coefficient (Wildman–Crippen LogP) is 2.49. The van der Waals surface area contributed by atoms with Gasteiger partial charge in [0, 0.05) is 6.42 Å². The lowest BCUT2D eigenvalue weighted by molar-refractivity contribution is -0.274. The molecule has 7 heteroatoms. The van der Waals surface area contributed by atoms with Crippen LogP contribution in [0.5, 0.6) is 5.75 Å². The van der Waals surface area contributed by atoms with Crippen molar-refractivity contribution in [3.05, 3.63) is 29.8 Å². The molecule has 0 spiro atoms. The number of hydrogen-bond acceptors (Lipinski definition) is 4. The first-order valence-electron chi connectivity index (χ1n) is 5.13. The van der Waals surface area contributed by atoms with Crippen molar-refractivity contribution < 1.29 is 32.2 Å². The second kappa shape index (κ2) is 4.85. The van der Waals surface area contributed by atoms with Crippen LogP contribution < -0.4 is 4.74 Å². The Labute approximate surface area is 100 Å². The molecule has 0 bridgehead atoms. The maximum absolute atomic E-state index is 12.1. The number of alkyl halides is 3. The van der Waals surface area contributed by atoms with Crippen molar-refractivity contribution in [1.29, 1.82) is 0 Å². The summed E-state index contributed by atoms with van der Waals surface area (Å²) in [7, 11) is 0. The smallest absolute Gasteiger partial charge is 0.432 e. The van der Waals surface area contributed by atoms with Gasteiger partial charge in [0.05, 0.1) is 6.61 Å². The van der Waals surface area contributed by atoms with Crippen LogP contribution in [0.1, 0.15) is 16.8 Å². The third-order valence-corrected chi connectivity index (χ3v) is 2.23. The third-order valence-electron chi connectivity index (χ3n) is 2.23. The van der Waals surface area contributed by atoms with E-state index in [0.29, 0.717) is 13.0 Å². The molecule has 1 heterocycles. The summed E-state index contributed by atoms with van der Waals surface area (Å²) in [6.07, 6.45) is -5.01. The van der Waals surface area contributed by atoms with E-state index in [2.05, 4.69) is 4.74 Å². The molecule has 1 atom stereocenters. The van der Waals surface area contributed by atoms with Gasteiger partial charge in [-0.1, -0.05) is 12.1 Å². The second-order valence-electron chi connectivity index (χ2n) is 3.54. The number of rotatable bonds is 3. The monoisotopic (exact) mass is 262 g/mol. The molecule has 2 rings (SSSR count). The highest BCUT2D eigenvalue weighted by atomic mass is 19.4. The van der Waals surface area contributed by atoms with Crippen molar-refractivity contribution in [2.24, 2.45) is 0 Å². The van der Waals surface area contributed by atoms with Crippen LogP contribution in [0, 0.1) is 0 Å². The van der Waals surface area contributed by atoms with Gasteiger partial charge in [-0.3, -0.25) is 0 Å². The van der Waals surface area contributed by atoms with Crippen LogP contribution in [0.3, 0.4) is 0 Å². The van der Waals surface area contributed by atoms with Gasteiger partial charge in [-0.15, -0.1) is 13.2 Å². The molecular formula is C11H9F3O4. The number of esters is 1.